The van der Waals surface area contributed by atoms with Gasteiger partial charge in [-0.1, -0.05) is 0 Å². The maximum absolute atomic E-state index is 11.9. The number of aryl methyl sites for hydroxylation is 2. The number of benzene rings is 1. The van der Waals surface area contributed by atoms with Gasteiger partial charge in [-0.3, -0.25) is 9.48 Å². The van der Waals surface area contributed by atoms with E-state index in [1.54, 1.807) is 26.2 Å². The standard InChI is InChI=1S/C13H13N3O3/c1-8-5-9(13(18)19)3-4-11(8)15-12(17)10-6-14-16(2)7-10/h3-7H,1-2H3,(H,15,17)(H,18,19). The number of rotatable bonds is 3. The molecule has 98 valence electrons. The van der Waals surface area contributed by atoms with Crippen molar-refractivity contribution in [2.75, 3.05) is 5.32 Å². The van der Waals surface area contributed by atoms with Crippen LogP contribution in [0.4, 0.5) is 5.69 Å². The van der Waals surface area contributed by atoms with Crippen molar-refractivity contribution in [3.8, 4) is 0 Å². The Labute approximate surface area is 109 Å². The Bertz CT molecular complexity index is 646. The molecule has 1 aromatic heterocycles. The first-order chi connectivity index (χ1) is 8.97. The van der Waals surface area contributed by atoms with Crippen LogP contribution in [-0.2, 0) is 7.05 Å². The van der Waals surface area contributed by atoms with Gasteiger partial charge >= 0.3 is 5.97 Å². The minimum atomic E-state index is -0.992. The molecule has 19 heavy (non-hydrogen) atoms. The van der Waals surface area contributed by atoms with Gasteiger partial charge in [0, 0.05) is 18.9 Å². The molecule has 0 bridgehead atoms. The molecule has 0 fully saturated rings. The molecular weight excluding hydrogens is 246 g/mol. The highest BCUT2D eigenvalue weighted by Crippen LogP contribution is 2.17. The van der Waals surface area contributed by atoms with Crippen molar-refractivity contribution in [3.63, 3.8) is 0 Å². The summed E-state index contributed by atoms with van der Waals surface area (Å²) in [5.41, 5.74) is 1.91. The molecule has 1 heterocycles. The molecule has 0 spiro atoms. The number of carboxylic acid groups (broad SMARTS) is 1. The smallest absolute Gasteiger partial charge is 0.335 e. The lowest BCUT2D eigenvalue weighted by Crippen LogP contribution is -2.12. The maximum Gasteiger partial charge on any atom is 0.335 e. The van der Waals surface area contributed by atoms with Crippen molar-refractivity contribution in [2.24, 2.45) is 7.05 Å². The molecule has 0 aliphatic rings. The van der Waals surface area contributed by atoms with Crippen LogP contribution in [-0.4, -0.2) is 26.8 Å². The van der Waals surface area contributed by atoms with Crippen LogP contribution in [0.25, 0.3) is 0 Å². The summed E-state index contributed by atoms with van der Waals surface area (Å²) in [6.45, 7) is 1.74. The Morgan fingerprint density at radius 2 is 2.05 bits per heavy atom. The van der Waals surface area contributed by atoms with Gasteiger partial charge in [-0.15, -0.1) is 0 Å². The molecule has 0 aliphatic heterocycles. The van der Waals surface area contributed by atoms with Crippen LogP contribution in [0.15, 0.2) is 30.6 Å². The van der Waals surface area contributed by atoms with Gasteiger partial charge in [0.15, 0.2) is 0 Å². The molecule has 1 aromatic carbocycles. The van der Waals surface area contributed by atoms with Gasteiger partial charge in [-0.25, -0.2) is 4.79 Å². The first-order valence-electron chi connectivity index (χ1n) is 5.61. The van der Waals surface area contributed by atoms with Crippen LogP contribution in [0.3, 0.4) is 0 Å². The Kier molecular flexibility index (Phi) is 3.33. The zero-order chi connectivity index (χ0) is 14.0. The molecule has 0 aliphatic carbocycles. The fourth-order valence-corrected chi connectivity index (χ4v) is 1.67. The minimum absolute atomic E-state index is 0.192. The highest BCUT2D eigenvalue weighted by Gasteiger charge is 2.11. The normalized spacial score (nSPS) is 10.2. The van der Waals surface area contributed by atoms with E-state index in [-0.39, 0.29) is 11.5 Å². The third-order valence-electron chi connectivity index (χ3n) is 2.69. The van der Waals surface area contributed by atoms with Crippen molar-refractivity contribution in [1.82, 2.24) is 9.78 Å². The van der Waals surface area contributed by atoms with Crippen LogP contribution < -0.4 is 5.32 Å². The van der Waals surface area contributed by atoms with Gasteiger partial charge in [0.1, 0.15) is 0 Å². The molecule has 0 unspecified atom stereocenters. The summed E-state index contributed by atoms with van der Waals surface area (Å²) >= 11 is 0. The largest absolute Gasteiger partial charge is 0.478 e. The van der Waals surface area contributed by atoms with Crippen LogP contribution >= 0.6 is 0 Å². The van der Waals surface area contributed by atoms with E-state index in [0.717, 1.165) is 0 Å². The second-order valence-electron chi connectivity index (χ2n) is 4.19. The van der Waals surface area contributed by atoms with E-state index >= 15 is 0 Å². The fourth-order valence-electron chi connectivity index (χ4n) is 1.67. The summed E-state index contributed by atoms with van der Waals surface area (Å²) in [5, 5.41) is 15.5. The lowest BCUT2D eigenvalue weighted by molar-refractivity contribution is 0.0696. The highest BCUT2D eigenvalue weighted by atomic mass is 16.4. The number of carbonyl (C=O) groups excluding carboxylic acids is 1. The predicted molar refractivity (Wildman–Crippen MR) is 69.3 cm³/mol. The van der Waals surface area contributed by atoms with E-state index in [0.29, 0.717) is 16.8 Å². The molecule has 6 heteroatoms. The summed E-state index contributed by atoms with van der Waals surface area (Å²) in [6, 6.07) is 4.54. The minimum Gasteiger partial charge on any atom is -0.478 e. The molecule has 2 N–H and O–H groups in total. The Balaban J connectivity index is 2.20. The van der Waals surface area contributed by atoms with Crippen LogP contribution in [0.1, 0.15) is 26.3 Å². The van der Waals surface area contributed by atoms with Crippen molar-refractivity contribution >= 4 is 17.6 Å². The van der Waals surface area contributed by atoms with E-state index in [4.69, 9.17) is 5.11 Å². The number of hydrogen-bond donors (Lipinski definition) is 2. The summed E-state index contributed by atoms with van der Waals surface area (Å²) in [6.07, 6.45) is 3.08. The summed E-state index contributed by atoms with van der Waals surface area (Å²) in [5.74, 6) is -1.27. The summed E-state index contributed by atoms with van der Waals surface area (Å²) in [4.78, 5) is 22.7. The summed E-state index contributed by atoms with van der Waals surface area (Å²) < 4.78 is 1.54. The van der Waals surface area contributed by atoms with Crippen molar-refractivity contribution in [1.29, 1.82) is 0 Å². The second-order valence-corrected chi connectivity index (χ2v) is 4.19. The number of nitrogens with one attached hydrogen (secondary N) is 1. The third-order valence-corrected chi connectivity index (χ3v) is 2.69. The molecule has 6 nitrogen and oxygen atoms in total. The van der Waals surface area contributed by atoms with Gasteiger partial charge in [0.25, 0.3) is 5.91 Å². The number of aromatic nitrogens is 2. The number of amides is 1. The van der Waals surface area contributed by atoms with Crippen LogP contribution in [0.5, 0.6) is 0 Å². The molecular formula is C13H13N3O3. The number of nitrogens with zero attached hydrogens (tertiary/aromatic N) is 2. The number of hydrogen-bond acceptors (Lipinski definition) is 3. The first-order valence-corrected chi connectivity index (χ1v) is 5.61. The van der Waals surface area contributed by atoms with E-state index in [1.165, 1.54) is 23.0 Å². The number of carbonyl (C=O) groups is 2. The zero-order valence-electron chi connectivity index (χ0n) is 10.5. The van der Waals surface area contributed by atoms with E-state index in [9.17, 15) is 9.59 Å². The molecule has 0 radical (unpaired) electrons. The number of aromatic carboxylic acids is 1. The molecule has 0 atom stereocenters. The summed E-state index contributed by atoms with van der Waals surface area (Å²) in [7, 11) is 1.73. The van der Waals surface area contributed by atoms with Gasteiger partial charge in [-0.05, 0) is 30.7 Å². The van der Waals surface area contributed by atoms with Gasteiger partial charge in [0.05, 0.1) is 17.3 Å². The van der Waals surface area contributed by atoms with E-state index < -0.39 is 5.97 Å². The number of anilines is 1. The second kappa shape index (κ2) is 4.93. The van der Waals surface area contributed by atoms with Crippen molar-refractivity contribution in [3.05, 3.63) is 47.3 Å². The lowest BCUT2D eigenvalue weighted by Gasteiger charge is -2.08. The quantitative estimate of drug-likeness (QED) is 0.878. The first kappa shape index (κ1) is 12.8. The topological polar surface area (TPSA) is 84.2 Å². The average molecular weight is 259 g/mol. The molecule has 1 amide bonds. The average Bonchev–Trinajstić information content (AvgIpc) is 2.78. The Hall–Kier alpha value is -2.63. The SMILES string of the molecule is Cc1cc(C(=O)O)ccc1NC(=O)c1cnn(C)c1. The Morgan fingerprint density at radius 3 is 2.58 bits per heavy atom. The zero-order valence-corrected chi connectivity index (χ0v) is 10.5. The van der Waals surface area contributed by atoms with Crippen molar-refractivity contribution in [2.45, 2.75) is 6.92 Å². The lowest BCUT2D eigenvalue weighted by atomic mass is 10.1. The monoisotopic (exact) mass is 259 g/mol. The molecule has 2 rings (SSSR count). The third kappa shape index (κ3) is 2.79. The number of carboxylic acids is 1. The maximum atomic E-state index is 11.9. The molecule has 0 saturated heterocycles. The molecule has 2 aromatic rings. The highest BCUT2D eigenvalue weighted by molar-refractivity contribution is 6.04. The van der Waals surface area contributed by atoms with E-state index in [2.05, 4.69) is 10.4 Å². The van der Waals surface area contributed by atoms with Crippen molar-refractivity contribution < 1.29 is 14.7 Å². The van der Waals surface area contributed by atoms with Crippen LogP contribution in [0, 0.1) is 6.92 Å². The van der Waals surface area contributed by atoms with Gasteiger partial charge < -0.3 is 10.4 Å². The fraction of sp³-hybridized carbons (Fsp3) is 0.154. The van der Waals surface area contributed by atoms with E-state index in [1.807, 2.05) is 0 Å². The van der Waals surface area contributed by atoms with Gasteiger partial charge in [-0.2, -0.15) is 5.10 Å². The predicted octanol–water partition coefficient (Wildman–Crippen LogP) is 1.68. The Morgan fingerprint density at radius 1 is 1.32 bits per heavy atom. The van der Waals surface area contributed by atoms with Gasteiger partial charge in [0.2, 0.25) is 0 Å². The van der Waals surface area contributed by atoms with Crippen LogP contribution in [0.2, 0.25) is 0 Å². The molecule has 0 saturated carbocycles.